The monoisotopic (exact) mass is 618 g/mol. The number of aliphatic carboxylic acids is 1. The smallest absolute Gasteiger partial charge is 0.333 e. The molecule has 9 nitrogen and oxygen atoms in total. The number of carbonyl (C=O) groups excluding carboxylic acids is 3. The highest BCUT2D eigenvalue weighted by Gasteiger charge is 2.07. The number of hydrogen-bond donors (Lipinski definition) is 2. The van der Waals surface area contributed by atoms with Crippen molar-refractivity contribution in [1.82, 2.24) is 0 Å². The number of esters is 3. The van der Waals surface area contributed by atoms with Crippen molar-refractivity contribution >= 4 is 30.0 Å². The topological polar surface area (TPSA) is 136 Å². The molecule has 248 valence electrons. The van der Waals surface area contributed by atoms with Crippen LogP contribution in [-0.4, -0.2) is 60.5 Å². The van der Waals surface area contributed by atoms with Crippen LogP contribution in [0.3, 0.4) is 0 Å². The molecule has 0 amide bonds. The molecule has 0 heterocycles. The van der Waals surface area contributed by atoms with Crippen molar-refractivity contribution in [2.45, 2.75) is 66.2 Å². The van der Waals surface area contributed by atoms with Gasteiger partial charge in [-0.25, -0.2) is 19.2 Å². The first-order valence-corrected chi connectivity index (χ1v) is 14.5. The maximum absolute atomic E-state index is 10.8. The highest BCUT2D eigenvalue weighted by atomic mass is 16.5. The van der Waals surface area contributed by atoms with Gasteiger partial charge in [0.05, 0.1) is 19.8 Å². The van der Waals surface area contributed by atoms with E-state index in [2.05, 4.69) is 58.4 Å². The molecule has 1 aromatic rings. The van der Waals surface area contributed by atoms with Crippen LogP contribution in [0.4, 0.5) is 0 Å². The molecular formula is C35H54O9. The van der Waals surface area contributed by atoms with Crippen LogP contribution in [0.5, 0.6) is 0 Å². The highest BCUT2D eigenvalue weighted by molar-refractivity contribution is 5.86. The molecule has 0 aliphatic rings. The Morgan fingerprint density at radius 1 is 0.818 bits per heavy atom. The Morgan fingerprint density at radius 2 is 1.34 bits per heavy atom. The second kappa shape index (κ2) is 36.8. The van der Waals surface area contributed by atoms with Gasteiger partial charge in [-0.1, -0.05) is 116 Å². The van der Waals surface area contributed by atoms with E-state index in [4.69, 9.17) is 19.7 Å². The molecular weight excluding hydrogens is 564 g/mol. The number of unbranched alkanes of at least 4 members (excludes halogenated alkanes) is 2. The zero-order valence-electron chi connectivity index (χ0n) is 27.1. The van der Waals surface area contributed by atoms with Gasteiger partial charge in [-0.2, -0.15) is 0 Å². The molecule has 1 unspecified atom stereocenters. The van der Waals surface area contributed by atoms with Crippen molar-refractivity contribution in [2.24, 2.45) is 5.92 Å². The van der Waals surface area contributed by atoms with Crippen molar-refractivity contribution in [3.8, 4) is 0 Å². The van der Waals surface area contributed by atoms with E-state index in [1.54, 1.807) is 6.92 Å². The summed E-state index contributed by atoms with van der Waals surface area (Å²) in [5, 5.41) is 15.7. The summed E-state index contributed by atoms with van der Waals surface area (Å²) < 4.78 is 14.1. The van der Waals surface area contributed by atoms with E-state index in [1.165, 1.54) is 24.5 Å². The van der Waals surface area contributed by atoms with Crippen LogP contribution >= 0.6 is 0 Å². The van der Waals surface area contributed by atoms with Gasteiger partial charge in [0.15, 0.2) is 0 Å². The van der Waals surface area contributed by atoms with E-state index in [1.807, 2.05) is 36.4 Å². The number of hydrogen-bond acceptors (Lipinski definition) is 8. The quantitative estimate of drug-likeness (QED) is 0.0858. The number of carbonyl (C=O) groups is 4. The van der Waals surface area contributed by atoms with Crippen LogP contribution in [0.15, 0.2) is 87.0 Å². The summed E-state index contributed by atoms with van der Waals surface area (Å²) in [6.45, 7) is 25.5. The molecule has 1 aromatic carbocycles. The minimum Gasteiger partial charge on any atom is -0.478 e. The van der Waals surface area contributed by atoms with Crippen LogP contribution in [0.25, 0.3) is 6.08 Å². The van der Waals surface area contributed by atoms with Crippen LogP contribution in [0.2, 0.25) is 0 Å². The summed E-state index contributed by atoms with van der Waals surface area (Å²) in [5.74, 6) is -1.56. The van der Waals surface area contributed by atoms with Gasteiger partial charge in [0.25, 0.3) is 0 Å². The van der Waals surface area contributed by atoms with Crippen LogP contribution in [0.1, 0.15) is 71.8 Å². The summed E-state index contributed by atoms with van der Waals surface area (Å²) in [5.41, 5.74) is 1.64. The minimum atomic E-state index is -0.981. The molecule has 0 fully saturated rings. The summed E-state index contributed by atoms with van der Waals surface area (Å²) in [4.78, 5) is 40.8. The third-order valence-corrected chi connectivity index (χ3v) is 4.96. The molecule has 0 aliphatic carbocycles. The standard InChI is InChI=1S/C11H20O2.C8H14O2.C8H8.C5H8O3.C3H4O2/c1-4-7-8-10(5-2)9-13-11(12)6-3;1-4-5-6-10-8(9)7(2)3;1-2-8-6-4-3-5-7-8;1-2-5(7)8-4-3-6;1-2-3(4)5/h6,10H,3-5,7-9H2,1-2H3;2,4-6H2,1,3H3;2-7H,1H2;2,6H,1,3-4H2;2H,1H2,(H,4,5). The normalized spacial score (nSPS) is 9.39. The maximum atomic E-state index is 10.8. The molecule has 0 spiro atoms. The van der Waals surface area contributed by atoms with Crippen LogP contribution in [-0.2, 0) is 33.4 Å². The number of rotatable bonds is 16. The molecule has 1 rings (SSSR count). The Bertz CT molecular complexity index is 937. The van der Waals surface area contributed by atoms with Crippen molar-refractivity contribution in [3.05, 3.63) is 92.6 Å². The Labute approximate surface area is 264 Å². The second-order valence-electron chi connectivity index (χ2n) is 8.77. The van der Waals surface area contributed by atoms with Crippen LogP contribution < -0.4 is 0 Å². The van der Waals surface area contributed by atoms with Gasteiger partial charge in [-0.3, -0.25) is 0 Å². The van der Waals surface area contributed by atoms with E-state index < -0.39 is 11.9 Å². The number of benzene rings is 1. The van der Waals surface area contributed by atoms with Crippen molar-refractivity contribution in [1.29, 1.82) is 0 Å². The molecule has 9 heteroatoms. The van der Waals surface area contributed by atoms with Crippen LogP contribution in [0, 0.1) is 5.92 Å². The average Bonchev–Trinajstić information content (AvgIpc) is 3.04. The lowest BCUT2D eigenvalue weighted by Crippen LogP contribution is -2.12. The molecule has 0 saturated heterocycles. The van der Waals surface area contributed by atoms with E-state index in [0.717, 1.165) is 37.8 Å². The number of aliphatic hydroxyl groups is 1. The lowest BCUT2D eigenvalue weighted by atomic mass is 10.0. The van der Waals surface area contributed by atoms with Gasteiger partial charge in [-0.15, -0.1) is 0 Å². The molecule has 0 bridgehead atoms. The summed E-state index contributed by atoms with van der Waals surface area (Å²) in [6, 6.07) is 10.0. The average molecular weight is 619 g/mol. The summed E-state index contributed by atoms with van der Waals surface area (Å²) in [7, 11) is 0. The van der Waals surface area contributed by atoms with Gasteiger partial charge >= 0.3 is 23.9 Å². The number of carboxylic acids is 1. The molecule has 44 heavy (non-hydrogen) atoms. The van der Waals surface area contributed by atoms with Crippen molar-refractivity contribution < 1.29 is 43.6 Å². The Kier molecular flexibility index (Phi) is 39.1. The van der Waals surface area contributed by atoms with E-state index in [0.29, 0.717) is 24.7 Å². The van der Waals surface area contributed by atoms with Gasteiger partial charge in [-0.05, 0) is 31.2 Å². The fourth-order valence-electron chi connectivity index (χ4n) is 2.38. The Balaban J connectivity index is -0.000000234. The number of ether oxygens (including phenoxy) is 3. The van der Waals surface area contributed by atoms with Gasteiger partial charge in [0, 0.05) is 23.8 Å². The molecule has 2 N–H and O–H groups in total. The second-order valence-corrected chi connectivity index (χ2v) is 8.77. The van der Waals surface area contributed by atoms with Gasteiger partial charge in [0.2, 0.25) is 0 Å². The fraction of sp³-hybridized carbons (Fsp3) is 0.429. The lowest BCUT2D eigenvalue weighted by molar-refractivity contribution is -0.140. The molecule has 1 atom stereocenters. The molecule has 0 radical (unpaired) electrons. The first kappa shape index (κ1) is 46.7. The van der Waals surface area contributed by atoms with E-state index >= 15 is 0 Å². The predicted molar refractivity (Wildman–Crippen MR) is 178 cm³/mol. The predicted octanol–water partition coefficient (Wildman–Crippen LogP) is 7.13. The first-order chi connectivity index (χ1) is 20.9. The first-order valence-electron chi connectivity index (χ1n) is 14.5. The maximum Gasteiger partial charge on any atom is 0.333 e. The van der Waals surface area contributed by atoms with Crippen molar-refractivity contribution in [3.63, 3.8) is 0 Å². The van der Waals surface area contributed by atoms with E-state index in [-0.39, 0.29) is 25.2 Å². The Hall–Kier alpha value is -4.24. The SMILES string of the molecule is C=C(C)C(=O)OCCCC.C=CC(=O)O.C=CC(=O)OCC(CC)CCCC.C=CC(=O)OCCO.C=Cc1ccccc1. The summed E-state index contributed by atoms with van der Waals surface area (Å²) in [6.07, 6.45) is 11.5. The largest absolute Gasteiger partial charge is 0.478 e. The third kappa shape index (κ3) is 39.9. The highest BCUT2D eigenvalue weighted by Crippen LogP contribution is 2.12. The van der Waals surface area contributed by atoms with Gasteiger partial charge < -0.3 is 24.4 Å². The molecule has 0 aromatic heterocycles. The van der Waals surface area contributed by atoms with Gasteiger partial charge in [0.1, 0.15) is 6.61 Å². The zero-order chi connectivity index (χ0) is 34.6. The summed E-state index contributed by atoms with van der Waals surface area (Å²) >= 11 is 0. The number of aliphatic hydroxyl groups excluding tert-OH is 1. The number of carboxylic acid groups (broad SMARTS) is 1. The third-order valence-electron chi connectivity index (χ3n) is 4.96. The minimum absolute atomic E-state index is 0.0465. The fourth-order valence-corrected chi connectivity index (χ4v) is 2.38. The molecule has 0 saturated carbocycles. The van der Waals surface area contributed by atoms with Crippen molar-refractivity contribution in [2.75, 3.05) is 26.4 Å². The zero-order valence-corrected chi connectivity index (χ0v) is 27.1. The molecule has 0 aliphatic heterocycles. The van der Waals surface area contributed by atoms with E-state index in [9.17, 15) is 19.2 Å². The Morgan fingerprint density at radius 3 is 1.70 bits per heavy atom. The lowest BCUT2D eigenvalue weighted by Gasteiger charge is -2.13.